The lowest BCUT2D eigenvalue weighted by Gasteiger charge is -2.40. The Kier molecular flexibility index (Phi) is 3.48. The number of carboxylic acid groups (broad SMARTS) is 1. The van der Waals surface area contributed by atoms with Gasteiger partial charge in [-0.2, -0.15) is 0 Å². The van der Waals surface area contributed by atoms with Crippen molar-refractivity contribution in [1.82, 2.24) is 5.32 Å². The lowest BCUT2D eigenvalue weighted by atomic mass is 9.74. The highest BCUT2D eigenvalue weighted by molar-refractivity contribution is 5.75. The van der Waals surface area contributed by atoms with E-state index in [1.54, 1.807) is 0 Å². The first-order valence-corrected chi connectivity index (χ1v) is 7.22. The van der Waals surface area contributed by atoms with Crippen molar-refractivity contribution in [3.63, 3.8) is 0 Å². The third-order valence-corrected chi connectivity index (χ3v) is 5.79. The summed E-state index contributed by atoms with van der Waals surface area (Å²) in [5, 5.41) is 12.9. The molecule has 0 radical (unpaired) electrons. The van der Waals surface area contributed by atoms with Crippen LogP contribution in [0.15, 0.2) is 0 Å². The average Bonchev–Trinajstić information content (AvgIpc) is 2.87. The van der Waals surface area contributed by atoms with Crippen molar-refractivity contribution in [2.75, 3.05) is 6.54 Å². The Labute approximate surface area is 110 Å². The van der Waals surface area contributed by atoms with Gasteiger partial charge in [0.2, 0.25) is 0 Å². The van der Waals surface area contributed by atoms with Crippen molar-refractivity contribution < 1.29 is 9.90 Å². The van der Waals surface area contributed by atoms with Crippen LogP contribution in [-0.2, 0) is 4.79 Å². The zero-order chi connectivity index (χ0) is 13.6. The van der Waals surface area contributed by atoms with Crippen molar-refractivity contribution >= 4 is 5.97 Å². The molecule has 0 spiro atoms. The molecule has 2 saturated carbocycles. The van der Waals surface area contributed by atoms with Crippen molar-refractivity contribution in [2.24, 2.45) is 23.2 Å². The van der Waals surface area contributed by atoms with Crippen molar-refractivity contribution in [3.05, 3.63) is 0 Å². The minimum Gasteiger partial charge on any atom is -0.481 e. The van der Waals surface area contributed by atoms with Gasteiger partial charge in [0.05, 0.1) is 5.41 Å². The lowest BCUT2D eigenvalue weighted by molar-refractivity contribution is -0.151. The Morgan fingerprint density at radius 1 is 1.22 bits per heavy atom. The van der Waals surface area contributed by atoms with Crippen LogP contribution in [0, 0.1) is 23.2 Å². The standard InChI is InChI=1S/C15H27NO2/c1-14(2,13(17)18)15(3,4)16-9-12-8-10-5-6-11(12)7-10/h10-12,16H,5-9H2,1-4H3,(H,17,18). The number of rotatable bonds is 5. The summed E-state index contributed by atoms with van der Waals surface area (Å²) in [6.45, 7) is 8.61. The SMILES string of the molecule is CC(C)(NCC1CC2CCC1C2)C(C)(C)C(=O)O. The van der Waals surface area contributed by atoms with Gasteiger partial charge in [-0.1, -0.05) is 6.42 Å². The fourth-order valence-corrected chi connectivity index (χ4v) is 3.50. The quantitative estimate of drug-likeness (QED) is 0.792. The van der Waals surface area contributed by atoms with E-state index in [0.29, 0.717) is 0 Å². The van der Waals surface area contributed by atoms with Gasteiger partial charge in [-0.25, -0.2) is 0 Å². The van der Waals surface area contributed by atoms with Gasteiger partial charge < -0.3 is 10.4 Å². The topological polar surface area (TPSA) is 49.3 Å². The van der Waals surface area contributed by atoms with E-state index in [9.17, 15) is 9.90 Å². The van der Waals surface area contributed by atoms with Crippen LogP contribution in [0.1, 0.15) is 53.4 Å². The molecule has 2 aliphatic carbocycles. The van der Waals surface area contributed by atoms with Crippen LogP contribution in [0.4, 0.5) is 0 Å². The van der Waals surface area contributed by atoms with E-state index in [0.717, 1.165) is 24.3 Å². The Hall–Kier alpha value is -0.570. The summed E-state index contributed by atoms with van der Waals surface area (Å²) in [6.07, 6.45) is 5.57. The minimum absolute atomic E-state index is 0.374. The van der Waals surface area contributed by atoms with Gasteiger partial charge >= 0.3 is 5.97 Å². The zero-order valence-electron chi connectivity index (χ0n) is 12.1. The Balaban J connectivity index is 1.91. The summed E-state index contributed by atoms with van der Waals surface area (Å²) in [7, 11) is 0. The second-order valence-electron chi connectivity index (χ2n) is 7.37. The summed E-state index contributed by atoms with van der Waals surface area (Å²) >= 11 is 0. The molecule has 104 valence electrons. The van der Waals surface area contributed by atoms with E-state index in [2.05, 4.69) is 5.32 Å². The van der Waals surface area contributed by atoms with E-state index in [4.69, 9.17) is 0 Å². The molecule has 3 unspecified atom stereocenters. The fourth-order valence-electron chi connectivity index (χ4n) is 3.50. The van der Waals surface area contributed by atoms with Crippen LogP contribution < -0.4 is 5.32 Å². The van der Waals surface area contributed by atoms with E-state index >= 15 is 0 Å². The molecule has 0 amide bonds. The molecule has 0 aromatic carbocycles. The number of carboxylic acids is 1. The summed E-state index contributed by atoms with van der Waals surface area (Å²) in [6, 6.07) is 0. The molecule has 3 heteroatoms. The minimum atomic E-state index is -0.745. The van der Waals surface area contributed by atoms with Gasteiger partial charge in [0.1, 0.15) is 0 Å². The number of fused-ring (bicyclic) bond motifs is 2. The molecular formula is C15H27NO2. The molecule has 2 fully saturated rings. The van der Waals surface area contributed by atoms with Crippen LogP contribution in [0.5, 0.6) is 0 Å². The van der Waals surface area contributed by atoms with Gasteiger partial charge in [-0.15, -0.1) is 0 Å². The van der Waals surface area contributed by atoms with Crippen molar-refractivity contribution in [2.45, 2.75) is 58.9 Å². The molecule has 2 bridgehead atoms. The fraction of sp³-hybridized carbons (Fsp3) is 0.933. The molecule has 0 saturated heterocycles. The number of hydrogen-bond acceptors (Lipinski definition) is 2. The molecule has 0 heterocycles. The predicted octanol–water partition coefficient (Wildman–Crippen LogP) is 2.90. The Bertz CT molecular complexity index is 335. The first-order chi connectivity index (χ1) is 8.24. The van der Waals surface area contributed by atoms with Crippen molar-refractivity contribution in [3.8, 4) is 0 Å². The molecule has 2 aliphatic rings. The summed E-state index contributed by atoms with van der Waals surface area (Å²) in [5.41, 5.74) is -1.12. The van der Waals surface area contributed by atoms with E-state index in [-0.39, 0.29) is 5.54 Å². The largest absolute Gasteiger partial charge is 0.481 e. The highest BCUT2D eigenvalue weighted by atomic mass is 16.4. The first-order valence-electron chi connectivity index (χ1n) is 7.22. The maximum atomic E-state index is 11.4. The van der Waals surface area contributed by atoms with Crippen LogP contribution in [0.3, 0.4) is 0 Å². The first kappa shape index (κ1) is 13.9. The van der Waals surface area contributed by atoms with E-state index in [1.165, 1.54) is 25.7 Å². The molecular weight excluding hydrogens is 226 g/mol. The molecule has 0 aromatic rings. The predicted molar refractivity (Wildman–Crippen MR) is 72.4 cm³/mol. The maximum Gasteiger partial charge on any atom is 0.310 e. The van der Waals surface area contributed by atoms with Crippen LogP contribution >= 0.6 is 0 Å². The Morgan fingerprint density at radius 3 is 2.33 bits per heavy atom. The molecule has 2 rings (SSSR count). The van der Waals surface area contributed by atoms with Crippen molar-refractivity contribution in [1.29, 1.82) is 0 Å². The molecule has 3 atom stereocenters. The van der Waals surface area contributed by atoms with E-state index < -0.39 is 11.4 Å². The second-order valence-corrected chi connectivity index (χ2v) is 7.37. The normalized spacial score (nSPS) is 31.9. The Morgan fingerprint density at radius 2 is 1.89 bits per heavy atom. The molecule has 0 aliphatic heterocycles. The zero-order valence-corrected chi connectivity index (χ0v) is 12.1. The summed E-state index contributed by atoms with van der Waals surface area (Å²) in [4.78, 5) is 11.4. The monoisotopic (exact) mass is 253 g/mol. The smallest absolute Gasteiger partial charge is 0.310 e. The number of carbonyl (C=O) groups is 1. The second kappa shape index (κ2) is 4.52. The number of hydrogen-bond donors (Lipinski definition) is 2. The molecule has 3 nitrogen and oxygen atoms in total. The molecule has 18 heavy (non-hydrogen) atoms. The van der Waals surface area contributed by atoms with Gasteiger partial charge in [-0.3, -0.25) is 4.79 Å². The van der Waals surface area contributed by atoms with Gasteiger partial charge in [0.15, 0.2) is 0 Å². The molecule has 0 aromatic heterocycles. The van der Waals surface area contributed by atoms with E-state index in [1.807, 2.05) is 27.7 Å². The number of nitrogens with one attached hydrogen (secondary N) is 1. The summed E-state index contributed by atoms with van der Waals surface area (Å²) < 4.78 is 0. The average molecular weight is 253 g/mol. The van der Waals surface area contributed by atoms with Crippen LogP contribution in [0.2, 0.25) is 0 Å². The lowest BCUT2D eigenvalue weighted by Crippen LogP contribution is -2.56. The number of aliphatic carboxylic acids is 1. The van der Waals surface area contributed by atoms with Gasteiger partial charge in [-0.05, 0) is 71.3 Å². The highest BCUT2D eigenvalue weighted by Gasteiger charge is 2.45. The van der Waals surface area contributed by atoms with Crippen LogP contribution in [0.25, 0.3) is 0 Å². The summed E-state index contributed by atoms with van der Waals surface area (Å²) in [5.74, 6) is 1.89. The third-order valence-electron chi connectivity index (χ3n) is 5.79. The van der Waals surface area contributed by atoms with Gasteiger partial charge in [0, 0.05) is 5.54 Å². The third kappa shape index (κ3) is 2.29. The maximum absolute atomic E-state index is 11.4. The highest BCUT2D eigenvalue weighted by Crippen LogP contribution is 2.48. The van der Waals surface area contributed by atoms with Crippen LogP contribution in [-0.4, -0.2) is 23.2 Å². The van der Waals surface area contributed by atoms with Gasteiger partial charge in [0.25, 0.3) is 0 Å². The molecule has 2 N–H and O–H groups in total.